The lowest BCUT2D eigenvalue weighted by Gasteiger charge is -2.27. The van der Waals surface area contributed by atoms with Crippen molar-refractivity contribution in [3.8, 4) is 0 Å². The standard InChI is InChI=1S/C34H44N6O5/c1-5-20(4)30(35)33(43)39-28(15-21-17-36-25-12-8-6-10-23(21)25)32(42)38-27(14-19(2)3)31(41)40-29(34(44)45)16-22-18-37-26-13-9-7-11-24(22)26/h6-13,17-20,27-30,36-37H,5,14-16,35H2,1-4H3,(H,38,42)(H,39,43)(H,40,41)(H,44,45). The third-order valence-corrected chi connectivity index (χ3v) is 8.35. The minimum atomic E-state index is -1.22. The zero-order valence-electron chi connectivity index (χ0n) is 26.2. The van der Waals surface area contributed by atoms with Gasteiger partial charge in [-0.05, 0) is 41.5 Å². The van der Waals surface area contributed by atoms with E-state index in [1.54, 1.807) is 12.4 Å². The van der Waals surface area contributed by atoms with Crippen LogP contribution in [0.3, 0.4) is 0 Å². The van der Waals surface area contributed by atoms with Gasteiger partial charge in [-0.15, -0.1) is 0 Å². The van der Waals surface area contributed by atoms with Gasteiger partial charge in [-0.3, -0.25) is 14.4 Å². The number of nitrogens with one attached hydrogen (secondary N) is 5. The Balaban J connectivity index is 1.55. The van der Waals surface area contributed by atoms with E-state index in [1.165, 1.54) is 0 Å². The quantitative estimate of drug-likeness (QED) is 0.107. The molecule has 0 spiro atoms. The summed E-state index contributed by atoms with van der Waals surface area (Å²) >= 11 is 0. The monoisotopic (exact) mass is 616 g/mol. The number of hydrogen-bond donors (Lipinski definition) is 7. The first-order valence-corrected chi connectivity index (χ1v) is 15.5. The fraction of sp³-hybridized carbons (Fsp3) is 0.412. The van der Waals surface area contributed by atoms with Crippen molar-refractivity contribution >= 4 is 45.5 Å². The van der Waals surface area contributed by atoms with Gasteiger partial charge in [0.05, 0.1) is 6.04 Å². The summed E-state index contributed by atoms with van der Waals surface area (Å²) in [6, 6.07) is 11.1. The summed E-state index contributed by atoms with van der Waals surface area (Å²) in [6.07, 6.45) is 4.70. The molecule has 0 radical (unpaired) electrons. The minimum absolute atomic E-state index is 0.00145. The molecule has 0 bridgehead atoms. The summed E-state index contributed by atoms with van der Waals surface area (Å²) < 4.78 is 0. The van der Waals surface area contributed by atoms with Crippen molar-refractivity contribution in [2.24, 2.45) is 17.6 Å². The van der Waals surface area contributed by atoms with Crippen LogP contribution in [-0.4, -0.2) is 62.9 Å². The zero-order valence-corrected chi connectivity index (χ0v) is 26.2. The predicted molar refractivity (Wildman–Crippen MR) is 174 cm³/mol. The summed E-state index contributed by atoms with van der Waals surface area (Å²) in [5.41, 5.74) is 9.52. The van der Waals surface area contributed by atoms with Crippen LogP contribution in [0.2, 0.25) is 0 Å². The molecule has 240 valence electrons. The van der Waals surface area contributed by atoms with Gasteiger partial charge in [0.1, 0.15) is 18.1 Å². The molecule has 0 fully saturated rings. The number of carbonyl (C=O) groups is 4. The van der Waals surface area contributed by atoms with Crippen molar-refractivity contribution in [1.29, 1.82) is 0 Å². The fourth-order valence-corrected chi connectivity index (χ4v) is 5.48. The summed E-state index contributed by atoms with van der Waals surface area (Å²) in [7, 11) is 0. The van der Waals surface area contributed by atoms with Crippen molar-refractivity contribution in [2.75, 3.05) is 0 Å². The van der Waals surface area contributed by atoms with Gasteiger partial charge in [-0.25, -0.2) is 4.79 Å². The van der Waals surface area contributed by atoms with Gasteiger partial charge in [0, 0.05) is 47.0 Å². The Morgan fingerprint density at radius 3 is 1.71 bits per heavy atom. The van der Waals surface area contributed by atoms with Crippen LogP contribution in [0.15, 0.2) is 60.9 Å². The first-order chi connectivity index (χ1) is 21.5. The molecule has 0 saturated carbocycles. The molecule has 11 nitrogen and oxygen atoms in total. The van der Waals surface area contributed by atoms with Gasteiger partial charge >= 0.3 is 5.97 Å². The SMILES string of the molecule is CCC(C)C(N)C(=O)NC(Cc1c[nH]c2ccccc12)C(=O)NC(CC(C)C)C(=O)NC(Cc1c[nH]c2ccccc12)C(=O)O. The highest BCUT2D eigenvalue weighted by Gasteiger charge is 2.32. The van der Waals surface area contributed by atoms with E-state index in [9.17, 15) is 24.3 Å². The number of aromatic amines is 2. The summed E-state index contributed by atoms with van der Waals surface area (Å²) in [5.74, 6) is -2.93. The molecule has 3 amide bonds. The third kappa shape index (κ3) is 8.30. The lowest BCUT2D eigenvalue weighted by atomic mass is 9.97. The number of para-hydroxylation sites is 2. The van der Waals surface area contributed by atoms with Crippen LogP contribution in [0, 0.1) is 11.8 Å². The average molecular weight is 617 g/mol. The molecule has 2 aromatic carbocycles. The summed E-state index contributed by atoms with van der Waals surface area (Å²) in [4.78, 5) is 59.1. The Kier molecular flexibility index (Phi) is 11.0. The number of carboxylic acids is 1. The molecule has 2 heterocycles. The van der Waals surface area contributed by atoms with Crippen LogP contribution < -0.4 is 21.7 Å². The molecule has 4 rings (SSSR count). The molecule has 2 aromatic heterocycles. The van der Waals surface area contributed by atoms with E-state index in [0.717, 1.165) is 32.9 Å². The number of carbonyl (C=O) groups excluding carboxylic acids is 3. The highest BCUT2D eigenvalue weighted by Crippen LogP contribution is 2.21. The molecule has 5 atom stereocenters. The smallest absolute Gasteiger partial charge is 0.326 e. The molecule has 0 aliphatic heterocycles. The lowest BCUT2D eigenvalue weighted by molar-refractivity contribution is -0.142. The molecule has 8 N–H and O–H groups in total. The van der Waals surface area contributed by atoms with E-state index in [2.05, 4.69) is 25.9 Å². The van der Waals surface area contributed by atoms with Gasteiger partial charge in [-0.1, -0.05) is 70.5 Å². The maximum atomic E-state index is 13.8. The summed E-state index contributed by atoms with van der Waals surface area (Å²) in [6.45, 7) is 7.62. The van der Waals surface area contributed by atoms with E-state index in [-0.39, 0.29) is 31.1 Å². The van der Waals surface area contributed by atoms with Crippen LogP contribution >= 0.6 is 0 Å². The van der Waals surface area contributed by atoms with E-state index >= 15 is 0 Å². The number of nitrogens with two attached hydrogens (primary N) is 1. The van der Waals surface area contributed by atoms with Crippen molar-refractivity contribution in [3.05, 3.63) is 72.1 Å². The number of carboxylic acid groups (broad SMARTS) is 1. The Bertz CT molecular complexity index is 1640. The number of H-pyrrole nitrogens is 2. The minimum Gasteiger partial charge on any atom is -0.480 e. The highest BCUT2D eigenvalue weighted by atomic mass is 16.4. The molecule has 0 saturated heterocycles. The number of fused-ring (bicyclic) bond motifs is 2. The average Bonchev–Trinajstić information content (AvgIpc) is 3.62. The topological polar surface area (TPSA) is 182 Å². The second-order valence-corrected chi connectivity index (χ2v) is 12.2. The third-order valence-electron chi connectivity index (χ3n) is 8.35. The molecule has 0 aliphatic carbocycles. The lowest BCUT2D eigenvalue weighted by Crippen LogP contribution is -2.58. The second kappa shape index (κ2) is 14.9. The Hall–Kier alpha value is -4.64. The number of hydrogen-bond acceptors (Lipinski definition) is 5. The summed E-state index contributed by atoms with van der Waals surface area (Å²) in [5, 5.41) is 20.1. The molecule has 5 unspecified atom stereocenters. The van der Waals surface area contributed by atoms with Gasteiger partial charge in [0.25, 0.3) is 0 Å². The Morgan fingerprint density at radius 1 is 0.733 bits per heavy atom. The van der Waals surface area contributed by atoms with E-state index in [4.69, 9.17) is 5.73 Å². The molecule has 11 heteroatoms. The van der Waals surface area contributed by atoms with Crippen molar-refractivity contribution in [3.63, 3.8) is 0 Å². The van der Waals surface area contributed by atoms with Crippen molar-refractivity contribution in [2.45, 2.75) is 77.5 Å². The van der Waals surface area contributed by atoms with Gasteiger partial charge in [0.2, 0.25) is 17.7 Å². The number of rotatable bonds is 15. The first kappa shape index (κ1) is 33.3. The van der Waals surface area contributed by atoms with Crippen LogP contribution in [0.4, 0.5) is 0 Å². The number of amides is 3. The van der Waals surface area contributed by atoms with Gasteiger partial charge in [0.15, 0.2) is 0 Å². The molecular weight excluding hydrogens is 572 g/mol. The highest BCUT2D eigenvalue weighted by molar-refractivity contribution is 5.95. The maximum absolute atomic E-state index is 13.8. The van der Waals surface area contributed by atoms with Crippen LogP contribution in [0.5, 0.6) is 0 Å². The number of aliphatic carboxylic acids is 1. The number of benzene rings is 2. The molecule has 0 aliphatic rings. The first-order valence-electron chi connectivity index (χ1n) is 15.5. The molecular formula is C34H44N6O5. The van der Waals surface area contributed by atoms with Gasteiger partial charge < -0.3 is 36.8 Å². The second-order valence-electron chi connectivity index (χ2n) is 12.2. The fourth-order valence-electron chi connectivity index (χ4n) is 5.48. The van der Waals surface area contributed by atoms with Crippen LogP contribution in [0.25, 0.3) is 21.8 Å². The molecule has 4 aromatic rings. The number of aromatic nitrogens is 2. The van der Waals surface area contributed by atoms with E-state index < -0.39 is 47.9 Å². The maximum Gasteiger partial charge on any atom is 0.326 e. The Morgan fingerprint density at radius 2 is 1.20 bits per heavy atom. The van der Waals surface area contributed by atoms with Gasteiger partial charge in [-0.2, -0.15) is 0 Å². The van der Waals surface area contributed by atoms with Crippen molar-refractivity contribution in [1.82, 2.24) is 25.9 Å². The molecule has 45 heavy (non-hydrogen) atoms. The predicted octanol–water partition coefficient (Wildman–Crippen LogP) is 3.39. The van der Waals surface area contributed by atoms with Crippen LogP contribution in [0.1, 0.15) is 51.7 Å². The van der Waals surface area contributed by atoms with E-state index in [0.29, 0.717) is 6.42 Å². The normalized spacial score (nSPS) is 14.9. The van der Waals surface area contributed by atoms with Crippen LogP contribution in [-0.2, 0) is 32.0 Å². The zero-order chi connectivity index (χ0) is 32.7. The van der Waals surface area contributed by atoms with E-state index in [1.807, 2.05) is 76.2 Å². The largest absolute Gasteiger partial charge is 0.480 e. The van der Waals surface area contributed by atoms with Crippen molar-refractivity contribution < 1.29 is 24.3 Å². The Labute approximate surface area is 262 Å².